The fourth-order valence-corrected chi connectivity index (χ4v) is 2.31. The SMILES string of the molecule is CN(CC(=O)NCc1ccco1)C(=O)COC(=O)c1cccc(Cl)c1Cl. The maximum atomic E-state index is 12.0. The van der Waals surface area contributed by atoms with Crippen molar-refractivity contribution < 1.29 is 23.5 Å². The monoisotopic (exact) mass is 398 g/mol. The molecule has 0 bridgehead atoms. The summed E-state index contributed by atoms with van der Waals surface area (Å²) in [6, 6.07) is 7.93. The number of esters is 1. The van der Waals surface area contributed by atoms with Crippen molar-refractivity contribution >= 4 is 41.0 Å². The first-order valence-corrected chi connectivity index (χ1v) is 8.28. The second-order valence-electron chi connectivity index (χ2n) is 5.28. The number of nitrogens with zero attached hydrogens (tertiary/aromatic N) is 1. The molecule has 0 radical (unpaired) electrons. The molecular weight excluding hydrogens is 383 g/mol. The van der Waals surface area contributed by atoms with Crippen molar-refractivity contribution in [2.24, 2.45) is 0 Å². The predicted octanol–water partition coefficient (Wildman–Crippen LogP) is 2.52. The van der Waals surface area contributed by atoms with Crippen LogP contribution in [0.4, 0.5) is 0 Å². The van der Waals surface area contributed by atoms with Crippen molar-refractivity contribution in [2.75, 3.05) is 20.2 Å². The van der Waals surface area contributed by atoms with Gasteiger partial charge in [-0.2, -0.15) is 0 Å². The summed E-state index contributed by atoms with van der Waals surface area (Å²) < 4.78 is 10.0. The van der Waals surface area contributed by atoms with E-state index in [2.05, 4.69) is 5.32 Å². The molecule has 1 N–H and O–H groups in total. The highest BCUT2D eigenvalue weighted by molar-refractivity contribution is 6.43. The standard InChI is InChI=1S/C17H16Cl2N2O5/c1-21(9-14(22)20-8-11-4-3-7-25-11)15(23)10-26-17(24)12-5-2-6-13(18)16(12)19/h2-7H,8-10H2,1H3,(H,20,22). The minimum absolute atomic E-state index is 0.0530. The van der Waals surface area contributed by atoms with Crippen LogP contribution in [0.5, 0.6) is 0 Å². The van der Waals surface area contributed by atoms with Crippen LogP contribution in [0.25, 0.3) is 0 Å². The molecule has 2 rings (SSSR count). The van der Waals surface area contributed by atoms with E-state index in [0.717, 1.165) is 4.90 Å². The van der Waals surface area contributed by atoms with Crippen molar-refractivity contribution in [3.63, 3.8) is 0 Å². The Morgan fingerprint density at radius 3 is 2.65 bits per heavy atom. The van der Waals surface area contributed by atoms with Gasteiger partial charge in [-0.15, -0.1) is 0 Å². The molecule has 7 nitrogen and oxygen atoms in total. The zero-order valence-corrected chi connectivity index (χ0v) is 15.3. The van der Waals surface area contributed by atoms with Crippen molar-refractivity contribution in [1.82, 2.24) is 10.2 Å². The van der Waals surface area contributed by atoms with Crippen molar-refractivity contribution in [2.45, 2.75) is 6.54 Å². The van der Waals surface area contributed by atoms with E-state index in [1.807, 2.05) is 0 Å². The molecule has 0 saturated heterocycles. The van der Waals surface area contributed by atoms with Crippen molar-refractivity contribution in [3.8, 4) is 0 Å². The third-order valence-corrected chi connectivity index (χ3v) is 4.16. The summed E-state index contributed by atoms with van der Waals surface area (Å²) in [5.41, 5.74) is 0.0609. The van der Waals surface area contributed by atoms with Gasteiger partial charge in [0.1, 0.15) is 5.76 Å². The largest absolute Gasteiger partial charge is 0.467 e. The van der Waals surface area contributed by atoms with Crippen LogP contribution in [0, 0.1) is 0 Å². The van der Waals surface area contributed by atoms with E-state index in [9.17, 15) is 14.4 Å². The number of halogens is 2. The summed E-state index contributed by atoms with van der Waals surface area (Å²) in [6.45, 7) is -0.491. The van der Waals surface area contributed by atoms with Crippen LogP contribution in [0.1, 0.15) is 16.1 Å². The van der Waals surface area contributed by atoms with Gasteiger partial charge in [-0.3, -0.25) is 9.59 Å². The molecule has 138 valence electrons. The number of rotatable bonds is 7. The molecular formula is C17H16Cl2N2O5. The lowest BCUT2D eigenvalue weighted by atomic mass is 10.2. The molecule has 0 aliphatic carbocycles. The molecule has 0 aliphatic heterocycles. The third-order valence-electron chi connectivity index (χ3n) is 3.34. The lowest BCUT2D eigenvalue weighted by Crippen LogP contribution is -2.39. The molecule has 0 unspecified atom stereocenters. The van der Waals surface area contributed by atoms with Gasteiger partial charge in [-0.05, 0) is 24.3 Å². The van der Waals surface area contributed by atoms with Gasteiger partial charge in [-0.1, -0.05) is 29.3 Å². The molecule has 0 saturated carbocycles. The van der Waals surface area contributed by atoms with Crippen LogP contribution in [0.15, 0.2) is 41.0 Å². The maximum absolute atomic E-state index is 12.0. The molecule has 9 heteroatoms. The van der Waals surface area contributed by atoms with Crippen LogP contribution in [0.3, 0.4) is 0 Å². The van der Waals surface area contributed by atoms with E-state index in [-0.39, 0.29) is 34.6 Å². The second-order valence-corrected chi connectivity index (χ2v) is 6.07. The highest BCUT2D eigenvalue weighted by atomic mass is 35.5. The van der Waals surface area contributed by atoms with Gasteiger partial charge in [0, 0.05) is 7.05 Å². The van der Waals surface area contributed by atoms with Gasteiger partial charge in [0.05, 0.1) is 35.0 Å². The maximum Gasteiger partial charge on any atom is 0.340 e. The Bertz CT molecular complexity index is 792. The number of ether oxygens (including phenoxy) is 1. The van der Waals surface area contributed by atoms with Crippen molar-refractivity contribution in [3.05, 3.63) is 58.0 Å². The number of hydrogen-bond acceptors (Lipinski definition) is 5. The smallest absolute Gasteiger partial charge is 0.340 e. The van der Waals surface area contributed by atoms with Crippen LogP contribution in [0.2, 0.25) is 10.0 Å². The highest BCUT2D eigenvalue weighted by Crippen LogP contribution is 2.25. The minimum atomic E-state index is -0.776. The van der Waals surface area contributed by atoms with E-state index in [0.29, 0.717) is 5.76 Å². The third kappa shape index (κ3) is 5.50. The Labute approximate surface area is 159 Å². The van der Waals surface area contributed by atoms with Gasteiger partial charge >= 0.3 is 5.97 Å². The zero-order chi connectivity index (χ0) is 19.1. The summed E-state index contributed by atoms with van der Waals surface area (Å²) in [5.74, 6) is -1.09. The summed E-state index contributed by atoms with van der Waals surface area (Å²) in [4.78, 5) is 36.9. The summed E-state index contributed by atoms with van der Waals surface area (Å²) in [5, 5.41) is 2.87. The Morgan fingerprint density at radius 2 is 1.96 bits per heavy atom. The number of carbonyl (C=O) groups excluding carboxylic acids is 3. The number of benzene rings is 1. The lowest BCUT2D eigenvalue weighted by Gasteiger charge is -2.16. The normalized spacial score (nSPS) is 10.3. The molecule has 0 fully saturated rings. The Morgan fingerprint density at radius 1 is 1.19 bits per heavy atom. The van der Waals surface area contributed by atoms with E-state index >= 15 is 0 Å². The van der Waals surface area contributed by atoms with E-state index in [1.54, 1.807) is 18.2 Å². The van der Waals surface area contributed by atoms with Crippen LogP contribution >= 0.6 is 23.2 Å². The van der Waals surface area contributed by atoms with Gasteiger partial charge in [0.2, 0.25) is 5.91 Å². The molecule has 26 heavy (non-hydrogen) atoms. The van der Waals surface area contributed by atoms with E-state index < -0.39 is 18.5 Å². The van der Waals surface area contributed by atoms with Gasteiger partial charge in [0.25, 0.3) is 5.91 Å². The highest BCUT2D eigenvalue weighted by Gasteiger charge is 2.18. The van der Waals surface area contributed by atoms with Crippen LogP contribution in [-0.4, -0.2) is 42.9 Å². The summed E-state index contributed by atoms with van der Waals surface area (Å²) in [6.07, 6.45) is 1.50. The quantitative estimate of drug-likeness (QED) is 0.723. The number of amides is 2. The van der Waals surface area contributed by atoms with Gasteiger partial charge < -0.3 is 19.4 Å². The molecule has 1 aromatic carbocycles. The molecule has 0 spiro atoms. The minimum Gasteiger partial charge on any atom is -0.467 e. The molecule has 2 aromatic rings. The fourth-order valence-electron chi connectivity index (χ4n) is 1.94. The summed E-state index contributed by atoms with van der Waals surface area (Å²) >= 11 is 11.8. The summed E-state index contributed by atoms with van der Waals surface area (Å²) in [7, 11) is 1.43. The van der Waals surface area contributed by atoms with Gasteiger partial charge in [0.15, 0.2) is 6.61 Å². The van der Waals surface area contributed by atoms with Crippen LogP contribution < -0.4 is 5.32 Å². The average molecular weight is 399 g/mol. The van der Waals surface area contributed by atoms with E-state index in [1.165, 1.54) is 25.4 Å². The topological polar surface area (TPSA) is 88.8 Å². The van der Waals surface area contributed by atoms with Crippen molar-refractivity contribution in [1.29, 1.82) is 0 Å². The first-order valence-electron chi connectivity index (χ1n) is 7.52. The molecule has 0 aliphatic rings. The lowest BCUT2D eigenvalue weighted by molar-refractivity contribution is -0.137. The number of furan rings is 1. The molecule has 0 atom stereocenters. The van der Waals surface area contributed by atoms with E-state index in [4.69, 9.17) is 32.4 Å². The molecule has 1 heterocycles. The predicted molar refractivity (Wildman–Crippen MR) is 94.9 cm³/mol. The number of hydrogen-bond donors (Lipinski definition) is 1. The van der Waals surface area contributed by atoms with Crippen LogP contribution in [-0.2, 0) is 20.9 Å². The average Bonchev–Trinajstić information content (AvgIpc) is 3.13. The Hall–Kier alpha value is -2.51. The Balaban J connectivity index is 1.78. The molecule has 2 amide bonds. The second kappa shape index (κ2) is 9.26. The fraction of sp³-hybridized carbons (Fsp3) is 0.235. The first kappa shape index (κ1) is 19.8. The Kier molecular flexibility index (Phi) is 7.06. The first-order chi connectivity index (χ1) is 12.4. The zero-order valence-electron chi connectivity index (χ0n) is 13.8. The van der Waals surface area contributed by atoms with Gasteiger partial charge in [-0.25, -0.2) is 4.79 Å². The number of nitrogens with one attached hydrogen (secondary N) is 1. The number of likely N-dealkylation sites (N-methyl/N-ethyl adjacent to an activating group) is 1. The number of carbonyl (C=O) groups is 3. The molecule has 1 aromatic heterocycles.